The summed E-state index contributed by atoms with van der Waals surface area (Å²) in [4.78, 5) is 12.0. The van der Waals surface area contributed by atoms with Crippen LogP contribution in [0.15, 0.2) is 42.5 Å². The Bertz CT molecular complexity index is 611. The van der Waals surface area contributed by atoms with Crippen LogP contribution >= 0.6 is 0 Å². The zero-order valence-electron chi connectivity index (χ0n) is 10.5. The van der Waals surface area contributed by atoms with Gasteiger partial charge in [0.05, 0.1) is 0 Å². The minimum Gasteiger partial charge on any atom is -0.508 e. The molecule has 2 aromatic carbocycles. The number of rotatable bonds is 3. The molecule has 0 saturated carbocycles. The molecule has 1 amide bonds. The van der Waals surface area contributed by atoms with Gasteiger partial charge in [0.25, 0.3) is 5.91 Å². The van der Waals surface area contributed by atoms with Gasteiger partial charge in [0.15, 0.2) is 0 Å². The molecule has 0 aromatic heterocycles. The second kappa shape index (κ2) is 5.52. The first-order valence-electron chi connectivity index (χ1n) is 5.89. The SMILES string of the molecule is Cc1c(O)cccc1C(=O)NCc1cccc(F)c1. The number of aromatic hydroxyl groups is 1. The Morgan fingerprint density at radius 1 is 1.26 bits per heavy atom. The van der Waals surface area contributed by atoms with Crippen molar-refractivity contribution in [3.8, 4) is 5.75 Å². The van der Waals surface area contributed by atoms with E-state index in [4.69, 9.17) is 0 Å². The number of hydrogen-bond acceptors (Lipinski definition) is 2. The van der Waals surface area contributed by atoms with E-state index in [1.54, 1.807) is 31.2 Å². The molecule has 0 spiro atoms. The van der Waals surface area contributed by atoms with E-state index in [2.05, 4.69) is 5.32 Å². The summed E-state index contributed by atoms with van der Waals surface area (Å²) in [6.07, 6.45) is 0. The van der Waals surface area contributed by atoms with Gasteiger partial charge in [-0.1, -0.05) is 18.2 Å². The summed E-state index contributed by atoms with van der Waals surface area (Å²) >= 11 is 0. The van der Waals surface area contributed by atoms with E-state index in [0.717, 1.165) is 0 Å². The molecule has 4 heteroatoms. The molecule has 0 saturated heterocycles. The van der Waals surface area contributed by atoms with E-state index in [9.17, 15) is 14.3 Å². The second-order valence-corrected chi connectivity index (χ2v) is 4.26. The van der Waals surface area contributed by atoms with Crippen molar-refractivity contribution >= 4 is 5.91 Å². The quantitative estimate of drug-likeness (QED) is 0.890. The van der Waals surface area contributed by atoms with Gasteiger partial charge in [0.2, 0.25) is 0 Å². The van der Waals surface area contributed by atoms with Gasteiger partial charge in [0.1, 0.15) is 11.6 Å². The Labute approximate surface area is 110 Å². The Morgan fingerprint density at radius 3 is 2.74 bits per heavy atom. The molecule has 0 aliphatic rings. The lowest BCUT2D eigenvalue weighted by molar-refractivity contribution is 0.0950. The number of amides is 1. The summed E-state index contributed by atoms with van der Waals surface area (Å²) in [5.41, 5.74) is 1.63. The summed E-state index contributed by atoms with van der Waals surface area (Å²) in [5, 5.41) is 12.2. The molecule has 3 nitrogen and oxygen atoms in total. The average Bonchev–Trinajstić information content (AvgIpc) is 2.39. The van der Waals surface area contributed by atoms with Crippen LogP contribution in [0.5, 0.6) is 5.75 Å². The molecule has 2 aromatic rings. The van der Waals surface area contributed by atoms with E-state index >= 15 is 0 Å². The van der Waals surface area contributed by atoms with Crippen molar-refractivity contribution in [1.29, 1.82) is 0 Å². The third-order valence-corrected chi connectivity index (χ3v) is 2.89. The number of halogens is 1. The van der Waals surface area contributed by atoms with E-state index in [1.807, 2.05) is 0 Å². The highest BCUT2D eigenvalue weighted by Gasteiger charge is 2.10. The van der Waals surface area contributed by atoms with E-state index < -0.39 is 0 Å². The maximum absolute atomic E-state index is 13.0. The molecule has 2 rings (SSSR count). The van der Waals surface area contributed by atoms with Crippen molar-refractivity contribution in [1.82, 2.24) is 5.32 Å². The van der Waals surface area contributed by atoms with Gasteiger partial charge in [-0.15, -0.1) is 0 Å². The lowest BCUT2D eigenvalue weighted by Gasteiger charge is -2.08. The standard InChI is InChI=1S/C15H14FNO2/c1-10-13(6-3-7-14(10)18)15(19)17-9-11-4-2-5-12(16)8-11/h2-8,18H,9H2,1H3,(H,17,19). The smallest absolute Gasteiger partial charge is 0.251 e. The number of phenols is 1. The summed E-state index contributed by atoms with van der Waals surface area (Å²) < 4.78 is 13.0. The second-order valence-electron chi connectivity index (χ2n) is 4.26. The monoisotopic (exact) mass is 259 g/mol. The summed E-state index contributed by atoms with van der Waals surface area (Å²) in [5.74, 6) is -0.545. The molecule has 0 aliphatic carbocycles. The van der Waals surface area contributed by atoms with E-state index in [-0.39, 0.29) is 24.0 Å². The van der Waals surface area contributed by atoms with Crippen LogP contribution < -0.4 is 5.32 Å². The summed E-state index contributed by atoms with van der Waals surface area (Å²) in [6.45, 7) is 1.91. The predicted octanol–water partition coefficient (Wildman–Crippen LogP) is 2.77. The van der Waals surface area contributed by atoms with E-state index in [1.165, 1.54) is 18.2 Å². The fourth-order valence-electron chi connectivity index (χ4n) is 1.79. The van der Waals surface area contributed by atoms with Gasteiger partial charge in [0, 0.05) is 17.7 Å². The van der Waals surface area contributed by atoms with Crippen molar-refractivity contribution in [2.24, 2.45) is 0 Å². The number of benzene rings is 2. The van der Waals surface area contributed by atoms with Crippen LogP contribution in [0.4, 0.5) is 4.39 Å². The van der Waals surface area contributed by atoms with Crippen LogP contribution in [-0.4, -0.2) is 11.0 Å². The summed E-state index contributed by atoms with van der Waals surface area (Å²) in [6, 6.07) is 10.8. The average molecular weight is 259 g/mol. The number of nitrogens with one attached hydrogen (secondary N) is 1. The minimum atomic E-state index is -0.333. The van der Waals surface area contributed by atoms with Crippen molar-refractivity contribution in [2.75, 3.05) is 0 Å². The van der Waals surface area contributed by atoms with E-state index in [0.29, 0.717) is 16.7 Å². The van der Waals surface area contributed by atoms with Gasteiger partial charge in [-0.2, -0.15) is 0 Å². The van der Waals surface area contributed by atoms with Crippen LogP contribution in [0.25, 0.3) is 0 Å². The highest BCUT2D eigenvalue weighted by molar-refractivity contribution is 5.96. The highest BCUT2D eigenvalue weighted by atomic mass is 19.1. The molecule has 0 atom stereocenters. The number of carbonyl (C=O) groups excluding carboxylic acids is 1. The molecule has 0 fully saturated rings. The molecule has 0 heterocycles. The van der Waals surface area contributed by atoms with Gasteiger partial charge in [-0.3, -0.25) is 4.79 Å². The van der Waals surface area contributed by atoms with Crippen LogP contribution in [-0.2, 0) is 6.54 Å². The lowest BCUT2D eigenvalue weighted by atomic mass is 10.1. The van der Waals surface area contributed by atoms with Crippen molar-refractivity contribution < 1.29 is 14.3 Å². The molecular weight excluding hydrogens is 245 g/mol. The first-order valence-corrected chi connectivity index (χ1v) is 5.89. The Kier molecular flexibility index (Phi) is 3.80. The zero-order chi connectivity index (χ0) is 13.8. The molecule has 2 N–H and O–H groups in total. The van der Waals surface area contributed by atoms with Gasteiger partial charge in [-0.25, -0.2) is 4.39 Å². The highest BCUT2D eigenvalue weighted by Crippen LogP contribution is 2.19. The first-order chi connectivity index (χ1) is 9.08. The molecule has 0 aliphatic heterocycles. The fraction of sp³-hybridized carbons (Fsp3) is 0.133. The fourth-order valence-corrected chi connectivity index (χ4v) is 1.79. The largest absolute Gasteiger partial charge is 0.508 e. The molecular formula is C15H14FNO2. The Hall–Kier alpha value is -2.36. The minimum absolute atomic E-state index is 0.0819. The van der Waals surface area contributed by atoms with Crippen LogP contribution in [0.2, 0.25) is 0 Å². The van der Waals surface area contributed by atoms with Gasteiger partial charge >= 0.3 is 0 Å². The van der Waals surface area contributed by atoms with Crippen molar-refractivity contribution in [2.45, 2.75) is 13.5 Å². The number of hydrogen-bond donors (Lipinski definition) is 2. The van der Waals surface area contributed by atoms with Gasteiger partial charge < -0.3 is 10.4 Å². The first kappa shape index (κ1) is 13.1. The lowest BCUT2D eigenvalue weighted by Crippen LogP contribution is -2.23. The van der Waals surface area contributed by atoms with Crippen LogP contribution in [0.1, 0.15) is 21.5 Å². The third kappa shape index (κ3) is 3.10. The van der Waals surface area contributed by atoms with Gasteiger partial charge in [-0.05, 0) is 36.8 Å². The maximum Gasteiger partial charge on any atom is 0.251 e. The Morgan fingerprint density at radius 2 is 2.00 bits per heavy atom. The summed E-state index contributed by atoms with van der Waals surface area (Å²) in [7, 11) is 0. The van der Waals surface area contributed by atoms with Crippen molar-refractivity contribution in [3.05, 3.63) is 65.0 Å². The topological polar surface area (TPSA) is 49.3 Å². The number of phenolic OH excluding ortho intramolecular Hbond substituents is 1. The molecule has 98 valence electrons. The van der Waals surface area contributed by atoms with Crippen molar-refractivity contribution in [3.63, 3.8) is 0 Å². The van der Waals surface area contributed by atoms with Crippen LogP contribution in [0, 0.1) is 12.7 Å². The third-order valence-electron chi connectivity index (χ3n) is 2.89. The number of carbonyl (C=O) groups is 1. The zero-order valence-corrected chi connectivity index (χ0v) is 10.5. The normalized spacial score (nSPS) is 10.2. The molecule has 19 heavy (non-hydrogen) atoms. The molecule has 0 bridgehead atoms. The Balaban J connectivity index is 2.08. The predicted molar refractivity (Wildman–Crippen MR) is 70.4 cm³/mol. The van der Waals surface area contributed by atoms with Crippen LogP contribution in [0.3, 0.4) is 0 Å². The maximum atomic E-state index is 13.0. The molecule has 0 radical (unpaired) electrons. The molecule has 0 unspecified atom stereocenters.